The van der Waals surface area contributed by atoms with Crippen molar-refractivity contribution in [3.63, 3.8) is 0 Å². The van der Waals surface area contributed by atoms with Crippen LogP contribution in [0.3, 0.4) is 0 Å². The molecular weight excluding hydrogens is 374 g/mol. The van der Waals surface area contributed by atoms with Crippen LogP contribution in [0.15, 0.2) is 71.0 Å². The molecule has 8 heteroatoms. The molecule has 1 aliphatic rings. The largest absolute Gasteiger partial charge is 0.497 e. The number of rotatable bonds is 6. The van der Waals surface area contributed by atoms with Crippen LogP contribution in [0.1, 0.15) is 5.56 Å². The maximum absolute atomic E-state index is 13.2. The summed E-state index contributed by atoms with van der Waals surface area (Å²) in [7, 11) is -5.79. The van der Waals surface area contributed by atoms with E-state index in [1.54, 1.807) is 12.1 Å². The smallest absolute Gasteiger partial charge is 0.243 e. The Labute approximate surface area is 153 Å². The standard InChI is InChI=1S/C18H19NO5S2/c1-24-17-7-9-18(10-8-17)26(22,23)19(13-15-5-3-2-4-6-15)16-11-12-25(20,21)14-16/h2-12,16H,13-14H2,1H3/t16-/m1/s1. The van der Waals surface area contributed by atoms with Gasteiger partial charge in [0.05, 0.1) is 23.8 Å². The van der Waals surface area contributed by atoms with E-state index in [1.807, 2.05) is 30.3 Å². The number of sulfone groups is 1. The highest BCUT2D eigenvalue weighted by molar-refractivity contribution is 7.94. The molecule has 2 aromatic rings. The minimum Gasteiger partial charge on any atom is -0.497 e. The van der Waals surface area contributed by atoms with Crippen LogP contribution in [-0.2, 0) is 26.4 Å². The molecule has 6 nitrogen and oxygen atoms in total. The summed E-state index contributed by atoms with van der Waals surface area (Å²) in [5.74, 6) is 0.289. The highest BCUT2D eigenvalue weighted by Crippen LogP contribution is 2.26. The summed E-state index contributed by atoms with van der Waals surface area (Å²) < 4.78 is 56.3. The van der Waals surface area contributed by atoms with Crippen molar-refractivity contribution in [1.82, 2.24) is 4.31 Å². The van der Waals surface area contributed by atoms with Gasteiger partial charge in [0.2, 0.25) is 10.0 Å². The molecule has 1 aliphatic heterocycles. The second-order valence-corrected chi connectivity index (χ2v) is 9.76. The molecule has 0 aliphatic carbocycles. The molecular formula is C18H19NO5S2. The maximum Gasteiger partial charge on any atom is 0.243 e. The summed E-state index contributed by atoms with van der Waals surface area (Å²) in [6, 6.07) is 14.4. The second kappa shape index (κ2) is 7.22. The molecule has 0 fully saturated rings. The van der Waals surface area contributed by atoms with E-state index in [-0.39, 0.29) is 17.2 Å². The number of benzene rings is 2. The molecule has 26 heavy (non-hydrogen) atoms. The van der Waals surface area contributed by atoms with E-state index in [0.29, 0.717) is 5.75 Å². The molecule has 1 heterocycles. The molecule has 0 saturated heterocycles. The van der Waals surface area contributed by atoms with Crippen LogP contribution in [-0.4, -0.2) is 40.0 Å². The van der Waals surface area contributed by atoms with Crippen molar-refractivity contribution in [2.45, 2.75) is 17.5 Å². The fraction of sp³-hybridized carbons (Fsp3) is 0.222. The lowest BCUT2D eigenvalue weighted by molar-refractivity contribution is 0.375. The minimum atomic E-state index is -3.90. The summed E-state index contributed by atoms with van der Waals surface area (Å²) in [6.45, 7) is 0.0831. The fourth-order valence-corrected chi connectivity index (χ4v) is 5.73. The van der Waals surface area contributed by atoms with Gasteiger partial charge in [0, 0.05) is 12.0 Å². The third-order valence-electron chi connectivity index (χ3n) is 4.13. The Bertz CT molecular complexity index is 997. The first-order chi connectivity index (χ1) is 12.3. The summed E-state index contributed by atoms with van der Waals surface area (Å²) in [5, 5.41) is 1.08. The summed E-state index contributed by atoms with van der Waals surface area (Å²) in [5.41, 5.74) is 0.780. The van der Waals surface area contributed by atoms with Gasteiger partial charge in [0.15, 0.2) is 9.84 Å². The van der Waals surface area contributed by atoms with Gasteiger partial charge in [-0.1, -0.05) is 36.4 Å². The Morgan fingerprint density at radius 1 is 1.08 bits per heavy atom. The highest BCUT2D eigenvalue weighted by Gasteiger charge is 2.35. The van der Waals surface area contributed by atoms with Gasteiger partial charge < -0.3 is 4.74 Å². The van der Waals surface area contributed by atoms with Gasteiger partial charge in [-0.3, -0.25) is 0 Å². The van der Waals surface area contributed by atoms with Gasteiger partial charge in [-0.25, -0.2) is 16.8 Å². The van der Waals surface area contributed by atoms with E-state index < -0.39 is 25.9 Å². The molecule has 0 aromatic heterocycles. The van der Waals surface area contributed by atoms with E-state index in [2.05, 4.69) is 0 Å². The number of hydrogen-bond acceptors (Lipinski definition) is 5. The van der Waals surface area contributed by atoms with Crippen molar-refractivity contribution in [2.75, 3.05) is 12.9 Å². The van der Waals surface area contributed by atoms with Gasteiger partial charge >= 0.3 is 0 Å². The van der Waals surface area contributed by atoms with E-state index in [1.165, 1.54) is 29.6 Å². The van der Waals surface area contributed by atoms with E-state index in [4.69, 9.17) is 4.74 Å². The molecule has 0 spiro atoms. The number of methoxy groups -OCH3 is 1. The van der Waals surface area contributed by atoms with Gasteiger partial charge in [-0.15, -0.1) is 0 Å². The Morgan fingerprint density at radius 2 is 1.73 bits per heavy atom. The Balaban J connectivity index is 1.99. The first kappa shape index (κ1) is 18.6. The topological polar surface area (TPSA) is 80.8 Å². The number of hydrogen-bond donors (Lipinski definition) is 0. The number of sulfonamides is 1. The van der Waals surface area contributed by atoms with Crippen molar-refractivity contribution < 1.29 is 21.6 Å². The average molecular weight is 393 g/mol. The maximum atomic E-state index is 13.2. The van der Waals surface area contributed by atoms with Gasteiger partial charge in [0.25, 0.3) is 0 Å². The number of ether oxygens (including phenoxy) is 1. The Kier molecular flexibility index (Phi) is 5.17. The predicted octanol–water partition coefficient (Wildman–Crippen LogP) is 2.20. The van der Waals surface area contributed by atoms with Crippen molar-refractivity contribution in [3.05, 3.63) is 71.6 Å². The number of nitrogens with zero attached hydrogens (tertiary/aromatic N) is 1. The van der Waals surface area contributed by atoms with E-state index >= 15 is 0 Å². The van der Waals surface area contributed by atoms with Crippen molar-refractivity contribution >= 4 is 19.9 Å². The molecule has 0 unspecified atom stereocenters. The molecule has 1 atom stereocenters. The minimum absolute atomic E-state index is 0.0831. The monoisotopic (exact) mass is 393 g/mol. The molecule has 0 saturated carbocycles. The lowest BCUT2D eigenvalue weighted by Gasteiger charge is -2.27. The van der Waals surface area contributed by atoms with Crippen LogP contribution in [0.4, 0.5) is 0 Å². The highest BCUT2D eigenvalue weighted by atomic mass is 32.2. The van der Waals surface area contributed by atoms with Crippen LogP contribution in [0.2, 0.25) is 0 Å². The fourth-order valence-electron chi connectivity index (χ4n) is 2.77. The quantitative estimate of drug-likeness (QED) is 0.752. The van der Waals surface area contributed by atoms with Gasteiger partial charge in [-0.2, -0.15) is 4.31 Å². The normalized spacial score (nSPS) is 18.9. The van der Waals surface area contributed by atoms with Crippen molar-refractivity contribution in [1.29, 1.82) is 0 Å². The third kappa shape index (κ3) is 3.98. The first-order valence-corrected chi connectivity index (χ1v) is 11.1. The molecule has 2 aromatic carbocycles. The van der Waals surface area contributed by atoms with Crippen LogP contribution in [0.5, 0.6) is 5.75 Å². The zero-order valence-corrected chi connectivity index (χ0v) is 15.8. The Hall–Kier alpha value is -2.16. The molecule has 0 N–H and O–H groups in total. The van der Waals surface area contributed by atoms with Gasteiger partial charge in [-0.05, 0) is 29.8 Å². The van der Waals surface area contributed by atoms with Gasteiger partial charge in [0.1, 0.15) is 5.75 Å². The zero-order valence-electron chi connectivity index (χ0n) is 14.1. The molecule has 0 amide bonds. The second-order valence-electron chi connectivity index (χ2n) is 5.94. The average Bonchev–Trinajstić information content (AvgIpc) is 3.00. The van der Waals surface area contributed by atoms with Crippen molar-refractivity contribution in [2.24, 2.45) is 0 Å². The van der Waals surface area contributed by atoms with E-state index in [9.17, 15) is 16.8 Å². The summed E-state index contributed by atoms with van der Waals surface area (Å²) in [6.07, 6.45) is 1.43. The zero-order chi connectivity index (χ0) is 18.8. The summed E-state index contributed by atoms with van der Waals surface area (Å²) in [4.78, 5) is 0.0897. The van der Waals surface area contributed by atoms with Crippen molar-refractivity contribution in [3.8, 4) is 5.75 Å². The molecule has 3 rings (SSSR count). The third-order valence-corrected chi connectivity index (χ3v) is 7.39. The molecule has 0 bridgehead atoms. The van der Waals surface area contributed by atoms with Crippen LogP contribution < -0.4 is 4.74 Å². The van der Waals surface area contributed by atoms with E-state index in [0.717, 1.165) is 11.0 Å². The lowest BCUT2D eigenvalue weighted by atomic mass is 10.2. The first-order valence-electron chi connectivity index (χ1n) is 7.93. The molecule has 0 radical (unpaired) electrons. The summed E-state index contributed by atoms with van der Waals surface area (Å²) >= 11 is 0. The predicted molar refractivity (Wildman–Crippen MR) is 98.9 cm³/mol. The molecule has 138 valence electrons. The van der Waals surface area contributed by atoms with Crippen LogP contribution >= 0.6 is 0 Å². The van der Waals surface area contributed by atoms with Crippen LogP contribution in [0.25, 0.3) is 0 Å². The Morgan fingerprint density at radius 3 is 2.27 bits per heavy atom. The lowest BCUT2D eigenvalue weighted by Crippen LogP contribution is -2.40. The van der Waals surface area contributed by atoms with Crippen LogP contribution in [0, 0.1) is 0 Å². The SMILES string of the molecule is COc1ccc(S(=O)(=O)N(Cc2ccccc2)[C@@H]2C=CS(=O)(=O)C2)cc1.